The molecular weight excluding hydrogens is 260 g/mol. The smallest absolute Gasteiger partial charge is 0.290 e. The molecule has 3 rings (SSSR count). The standard InChI is InChI=1S/C14H14N2O2S/c17-13-12(19-14(18)15-13)9-10-3-5-11(6-4-10)16-7-1-2-8-16/h3-6,9H,1-2,7-8H2,(H,15,17,18)/b12-9-. The quantitative estimate of drug-likeness (QED) is 0.842. The molecule has 2 saturated heterocycles. The lowest BCUT2D eigenvalue weighted by Crippen LogP contribution is -2.18. The molecule has 2 aliphatic rings. The number of rotatable bonds is 2. The molecule has 0 bridgehead atoms. The number of nitrogens with one attached hydrogen (secondary N) is 1. The van der Waals surface area contributed by atoms with E-state index in [0.29, 0.717) is 4.91 Å². The summed E-state index contributed by atoms with van der Waals surface area (Å²) in [7, 11) is 0. The fourth-order valence-corrected chi connectivity index (χ4v) is 3.01. The molecule has 98 valence electrons. The lowest BCUT2D eigenvalue weighted by atomic mass is 10.2. The van der Waals surface area contributed by atoms with Gasteiger partial charge in [-0.1, -0.05) is 12.1 Å². The van der Waals surface area contributed by atoms with E-state index < -0.39 is 0 Å². The van der Waals surface area contributed by atoms with Crippen LogP contribution in [0.3, 0.4) is 0 Å². The average Bonchev–Trinajstić information content (AvgIpc) is 3.01. The summed E-state index contributed by atoms with van der Waals surface area (Å²) in [6.07, 6.45) is 4.26. The molecule has 1 aromatic rings. The van der Waals surface area contributed by atoms with Crippen molar-refractivity contribution in [3.05, 3.63) is 34.7 Å². The van der Waals surface area contributed by atoms with Crippen molar-refractivity contribution in [3.63, 3.8) is 0 Å². The second kappa shape index (κ2) is 5.09. The molecule has 0 atom stereocenters. The van der Waals surface area contributed by atoms with Crippen LogP contribution in [0.1, 0.15) is 18.4 Å². The van der Waals surface area contributed by atoms with Crippen molar-refractivity contribution in [2.75, 3.05) is 18.0 Å². The van der Waals surface area contributed by atoms with Gasteiger partial charge in [0.1, 0.15) is 0 Å². The molecule has 5 heteroatoms. The van der Waals surface area contributed by atoms with Gasteiger partial charge < -0.3 is 4.90 Å². The van der Waals surface area contributed by atoms with Gasteiger partial charge in [-0.25, -0.2) is 0 Å². The van der Waals surface area contributed by atoms with Gasteiger partial charge in [-0.3, -0.25) is 14.9 Å². The Morgan fingerprint density at radius 3 is 2.37 bits per heavy atom. The van der Waals surface area contributed by atoms with E-state index in [9.17, 15) is 9.59 Å². The molecule has 2 heterocycles. The van der Waals surface area contributed by atoms with Crippen LogP contribution in [0, 0.1) is 0 Å². The molecule has 0 unspecified atom stereocenters. The molecule has 0 spiro atoms. The second-order valence-corrected chi connectivity index (χ2v) is 5.65. The molecule has 2 aliphatic heterocycles. The number of hydrogen-bond donors (Lipinski definition) is 1. The van der Waals surface area contributed by atoms with Crippen molar-refractivity contribution in [3.8, 4) is 0 Å². The van der Waals surface area contributed by atoms with Gasteiger partial charge in [0.2, 0.25) is 0 Å². The summed E-state index contributed by atoms with van der Waals surface area (Å²) in [5.74, 6) is -0.307. The first-order valence-corrected chi connectivity index (χ1v) is 7.14. The minimum atomic E-state index is -0.307. The maximum Gasteiger partial charge on any atom is 0.290 e. The molecule has 0 aliphatic carbocycles. The third kappa shape index (κ3) is 2.66. The number of carbonyl (C=O) groups excluding carboxylic acids is 2. The lowest BCUT2D eigenvalue weighted by molar-refractivity contribution is -0.115. The molecule has 1 N–H and O–H groups in total. The highest BCUT2D eigenvalue weighted by atomic mass is 32.2. The summed E-state index contributed by atoms with van der Waals surface area (Å²) in [6, 6.07) is 8.10. The summed E-state index contributed by atoms with van der Waals surface area (Å²) in [4.78, 5) is 25.3. The number of thioether (sulfide) groups is 1. The summed E-state index contributed by atoms with van der Waals surface area (Å²) >= 11 is 0.949. The SMILES string of the molecule is O=C1NC(=O)/C(=C/c2ccc(N3CCCC3)cc2)S1. The van der Waals surface area contributed by atoms with Crippen LogP contribution in [0.5, 0.6) is 0 Å². The second-order valence-electron chi connectivity index (χ2n) is 4.64. The Morgan fingerprint density at radius 2 is 1.79 bits per heavy atom. The van der Waals surface area contributed by atoms with E-state index in [1.54, 1.807) is 6.08 Å². The number of benzene rings is 1. The minimum Gasteiger partial charge on any atom is -0.372 e. The van der Waals surface area contributed by atoms with Gasteiger partial charge in [-0.15, -0.1) is 0 Å². The largest absolute Gasteiger partial charge is 0.372 e. The average molecular weight is 274 g/mol. The van der Waals surface area contributed by atoms with E-state index in [1.807, 2.05) is 12.1 Å². The first kappa shape index (κ1) is 12.3. The Morgan fingerprint density at radius 1 is 1.11 bits per heavy atom. The third-order valence-electron chi connectivity index (χ3n) is 3.30. The fraction of sp³-hybridized carbons (Fsp3) is 0.286. The van der Waals surface area contributed by atoms with Crippen molar-refractivity contribution in [2.45, 2.75) is 12.8 Å². The zero-order valence-corrected chi connectivity index (χ0v) is 11.2. The van der Waals surface area contributed by atoms with Crippen molar-refractivity contribution >= 4 is 34.7 Å². The van der Waals surface area contributed by atoms with Crippen molar-refractivity contribution in [2.24, 2.45) is 0 Å². The monoisotopic (exact) mass is 274 g/mol. The molecule has 2 fully saturated rings. The van der Waals surface area contributed by atoms with Crippen LogP contribution in [0.15, 0.2) is 29.2 Å². The molecule has 2 amide bonds. The molecule has 4 nitrogen and oxygen atoms in total. The number of nitrogens with zero attached hydrogens (tertiary/aromatic N) is 1. The van der Waals surface area contributed by atoms with Crippen LogP contribution in [0.2, 0.25) is 0 Å². The van der Waals surface area contributed by atoms with Crippen LogP contribution >= 0.6 is 11.8 Å². The van der Waals surface area contributed by atoms with Crippen LogP contribution in [-0.2, 0) is 4.79 Å². The molecule has 1 aromatic carbocycles. The Kier molecular flexibility index (Phi) is 3.29. The highest BCUT2D eigenvalue weighted by Gasteiger charge is 2.24. The number of imide groups is 1. The predicted molar refractivity (Wildman–Crippen MR) is 77.0 cm³/mol. The normalized spacial score (nSPS) is 21.3. The molecular formula is C14H14N2O2S. The van der Waals surface area contributed by atoms with Crippen LogP contribution < -0.4 is 10.2 Å². The van der Waals surface area contributed by atoms with E-state index in [4.69, 9.17) is 0 Å². The van der Waals surface area contributed by atoms with Crippen molar-refractivity contribution in [1.29, 1.82) is 0 Å². The van der Waals surface area contributed by atoms with E-state index in [-0.39, 0.29) is 11.1 Å². The van der Waals surface area contributed by atoms with Crippen LogP contribution in [-0.4, -0.2) is 24.2 Å². The van der Waals surface area contributed by atoms with Gasteiger partial charge in [-0.2, -0.15) is 0 Å². The van der Waals surface area contributed by atoms with Gasteiger partial charge in [0.05, 0.1) is 4.91 Å². The number of amides is 2. The van der Waals surface area contributed by atoms with E-state index in [1.165, 1.54) is 18.5 Å². The Labute approximate surface area is 115 Å². The number of anilines is 1. The molecule has 0 radical (unpaired) electrons. The van der Waals surface area contributed by atoms with Gasteiger partial charge in [0, 0.05) is 18.8 Å². The number of carbonyl (C=O) groups is 2. The molecule has 0 saturated carbocycles. The first-order valence-electron chi connectivity index (χ1n) is 6.32. The number of hydrogen-bond acceptors (Lipinski definition) is 4. The Balaban J connectivity index is 1.77. The third-order valence-corrected chi connectivity index (χ3v) is 4.11. The summed E-state index contributed by atoms with van der Waals surface area (Å²) in [5, 5.41) is 1.95. The Hall–Kier alpha value is -1.75. The molecule has 19 heavy (non-hydrogen) atoms. The first-order chi connectivity index (χ1) is 9.22. The van der Waals surface area contributed by atoms with Gasteiger partial charge in [0.15, 0.2) is 0 Å². The van der Waals surface area contributed by atoms with Gasteiger partial charge in [-0.05, 0) is 48.4 Å². The predicted octanol–water partition coefficient (Wildman–Crippen LogP) is 2.61. The maximum atomic E-state index is 11.4. The summed E-state index contributed by atoms with van der Waals surface area (Å²) in [5.41, 5.74) is 2.16. The zero-order chi connectivity index (χ0) is 13.2. The van der Waals surface area contributed by atoms with E-state index in [0.717, 1.165) is 30.4 Å². The Bertz CT molecular complexity index is 545. The zero-order valence-electron chi connectivity index (χ0n) is 10.4. The van der Waals surface area contributed by atoms with Crippen LogP contribution in [0.4, 0.5) is 10.5 Å². The van der Waals surface area contributed by atoms with Crippen molar-refractivity contribution in [1.82, 2.24) is 5.32 Å². The topological polar surface area (TPSA) is 49.4 Å². The fourth-order valence-electron chi connectivity index (χ4n) is 2.33. The highest BCUT2D eigenvalue weighted by molar-refractivity contribution is 8.18. The van der Waals surface area contributed by atoms with Gasteiger partial charge in [0.25, 0.3) is 11.1 Å². The van der Waals surface area contributed by atoms with E-state index >= 15 is 0 Å². The van der Waals surface area contributed by atoms with Crippen molar-refractivity contribution < 1.29 is 9.59 Å². The van der Waals surface area contributed by atoms with Gasteiger partial charge >= 0.3 is 0 Å². The highest BCUT2D eigenvalue weighted by Crippen LogP contribution is 2.26. The lowest BCUT2D eigenvalue weighted by Gasteiger charge is -2.17. The van der Waals surface area contributed by atoms with E-state index in [2.05, 4.69) is 22.3 Å². The summed E-state index contributed by atoms with van der Waals surface area (Å²) in [6.45, 7) is 2.24. The minimum absolute atomic E-state index is 0.301. The maximum absolute atomic E-state index is 11.4. The molecule has 0 aromatic heterocycles. The summed E-state index contributed by atoms with van der Waals surface area (Å²) < 4.78 is 0. The van der Waals surface area contributed by atoms with Crippen LogP contribution in [0.25, 0.3) is 6.08 Å².